The number of nitrogens with zero attached hydrogens (tertiary/aromatic N) is 1. The van der Waals surface area contributed by atoms with E-state index in [0.29, 0.717) is 11.4 Å². The molecule has 0 radical (unpaired) electrons. The maximum Gasteiger partial charge on any atom is 0.0830 e. The van der Waals surface area contributed by atoms with Gasteiger partial charge in [-0.2, -0.15) is 0 Å². The molecule has 0 aliphatic rings. The van der Waals surface area contributed by atoms with E-state index in [1.54, 1.807) is 0 Å². The summed E-state index contributed by atoms with van der Waals surface area (Å²) in [4.78, 5) is 2.11. The topological polar surface area (TPSA) is 23.5 Å². The molecule has 2 rings (SSSR count). The van der Waals surface area contributed by atoms with Crippen LogP contribution in [0.1, 0.15) is 22.8 Å². The van der Waals surface area contributed by atoms with Gasteiger partial charge in [0.15, 0.2) is 0 Å². The summed E-state index contributed by atoms with van der Waals surface area (Å²) in [6.45, 7) is 0.918. The van der Waals surface area contributed by atoms with Gasteiger partial charge in [-0.05, 0) is 42.9 Å². The minimum atomic E-state index is -0.499. The van der Waals surface area contributed by atoms with Crippen LogP contribution in [0.15, 0.2) is 54.6 Å². The zero-order chi connectivity index (χ0) is 15.9. The fraction of sp³-hybridized carbons (Fsp3) is 0.263. The Labute approximate surface area is 137 Å². The SMILES string of the molecule is CN(C)CC=Cc1ccc(C(O)Cc2ccc(Cl)cc2)cc1. The normalized spacial score (nSPS) is 13.0. The molecule has 0 aliphatic carbocycles. The number of rotatable bonds is 6. The highest BCUT2D eigenvalue weighted by Gasteiger charge is 2.08. The minimum absolute atomic E-state index is 0.499. The maximum atomic E-state index is 10.3. The molecule has 0 saturated carbocycles. The fourth-order valence-electron chi connectivity index (χ4n) is 2.19. The lowest BCUT2D eigenvalue weighted by molar-refractivity contribution is 0.178. The second kappa shape index (κ2) is 8.14. The summed E-state index contributed by atoms with van der Waals surface area (Å²) >= 11 is 5.87. The molecule has 1 atom stereocenters. The Bertz CT molecular complexity index is 602. The van der Waals surface area contributed by atoms with Crippen molar-refractivity contribution in [1.82, 2.24) is 4.90 Å². The van der Waals surface area contributed by atoms with Crippen LogP contribution < -0.4 is 0 Å². The van der Waals surface area contributed by atoms with Crippen molar-refractivity contribution in [3.05, 3.63) is 76.3 Å². The van der Waals surface area contributed by atoms with E-state index in [-0.39, 0.29) is 0 Å². The van der Waals surface area contributed by atoms with Crippen molar-refractivity contribution in [2.24, 2.45) is 0 Å². The van der Waals surface area contributed by atoms with E-state index >= 15 is 0 Å². The monoisotopic (exact) mass is 315 g/mol. The van der Waals surface area contributed by atoms with Crippen molar-refractivity contribution in [2.75, 3.05) is 20.6 Å². The fourth-order valence-corrected chi connectivity index (χ4v) is 2.32. The number of hydrogen-bond donors (Lipinski definition) is 1. The number of halogens is 1. The summed E-state index contributed by atoms with van der Waals surface area (Å²) < 4.78 is 0. The van der Waals surface area contributed by atoms with Gasteiger partial charge in [0.25, 0.3) is 0 Å². The van der Waals surface area contributed by atoms with Crippen LogP contribution in [0.2, 0.25) is 5.02 Å². The molecule has 2 aromatic carbocycles. The van der Waals surface area contributed by atoms with Crippen LogP contribution in [0.4, 0.5) is 0 Å². The summed E-state index contributed by atoms with van der Waals surface area (Å²) in [6, 6.07) is 15.6. The van der Waals surface area contributed by atoms with Gasteiger partial charge in [-0.15, -0.1) is 0 Å². The third kappa shape index (κ3) is 5.30. The van der Waals surface area contributed by atoms with E-state index in [4.69, 9.17) is 11.6 Å². The first kappa shape index (κ1) is 16.8. The van der Waals surface area contributed by atoms with Gasteiger partial charge in [-0.25, -0.2) is 0 Å². The van der Waals surface area contributed by atoms with Gasteiger partial charge in [0.2, 0.25) is 0 Å². The Morgan fingerprint density at radius 1 is 1.05 bits per heavy atom. The lowest BCUT2D eigenvalue weighted by Gasteiger charge is -2.11. The van der Waals surface area contributed by atoms with Crippen LogP contribution in [0.5, 0.6) is 0 Å². The van der Waals surface area contributed by atoms with Gasteiger partial charge in [-0.1, -0.05) is 60.2 Å². The molecule has 0 aromatic heterocycles. The number of aliphatic hydroxyl groups is 1. The second-order valence-corrected chi connectivity index (χ2v) is 6.11. The van der Waals surface area contributed by atoms with Gasteiger partial charge < -0.3 is 10.0 Å². The first-order valence-corrected chi connectivity index (χ1v) is 7.76. The first-order valence-electron chi connectivity index (χ1n) is 7.38. The van der Waals surface area contributed by atoms with E-state index in [9.17, 15) is 5.11 Å². The Morgan fingerprint density at radius 3 is 2.27 bits per heavy atom. The molecule has 0 saturated heterocycles. The number of hydrogen-bond acceptors (Lipinski definition) is 2. The van der Waals surface area contributed by atoms with Gasteiger partial charge in [0.1, 0.15) is 0 Å². The van der Waals surface area contributed by atoms with Gasteiger partial charge in [-0.3, -0.25) is 0 Å². The lowest BCUT2D eigenvalue weighted by atomic mass is 10.0. The molecule has 0 heterocycles. The molecule has 1 N–H and O–H groups in total. The summed E-state index contributed by atoms with van der Waals surface area (Å²) in [6.07, 6.45) is 4.31. The molecule has 22 heavy (non-hydrogen) atoms. The van der Waals surface area contributed by atoms with Crippen LogP contribution in [-0.4, -0.2) is 30.6 Å². The molecule has 0 bridgehead atoms. The van der Waals surface area contributed by atoms with Crippen molar-refractivity contribution < 1.29 is 5.11 Å². The third-order valence-electron chi connectivity index (χ3n) is 3.44. The third-order valence-corrected chi connectivity index (χ3v) is 3.70. The molecule has 116 valence electrons. The summed E-state index contributed by atoms with van der Waals surface area (Å²) in [5, 5.41) is 11.0. The van der Waals surface area contributed by atoms with Crippen molar-refractivity contribution in [1.29, 1.82) is 0 Å². The van der Waals surface area contributed by atoms with Crippen LogP contribution in [0.25, 0.3) is 6.08 Å². The highest BCUT2D eigenvalue weighted by atomic mass is 35.5. The van der Waals surface area contributed by atoms with Crippen molar-refractivity contribution >= 4 is 17.7 Å². The Morgan fingerprint density at radius 2 is 1.68 bits per heavy atom. The molecule has 0 spiro atoms. The van der Waals surface area contributed by atoms with Crippen LogP contribution >= 0.6 is 11.6 Å². The van der Waals surface area contributed by atoms with Crippen molar-refractivity contribution in [2.45, 2.75) is 12.5 Å². The second-order valence-electron chi connectivity index (χ2n) is 5.68. The quantitative estimate of drug-likeness (QED) is 0.864. The average Bonchev–Trinajstić information content (AvgIpc) is 2.50. The van der Waals surface area contributed by atoms with Crippen LogP contribution in [0.3, 0.4) is 0 Å². The predicted molar refractivity (Wildman–Crippen MR) is 94.1 cm³/mol. The van der Waals surface area contributed by atoms with E-state index < -0.39 is 6.10 Å². The number of aliphatic hydroxyl groups excluding tert-OH is 1. The van der Waals surface area contributed by atoms with Crippen LogP contribution in [-0.2, 0) is 6.42 Å². The van der Waals surface area contributed by atoms with Gasteiger partial charge >= 0.3 is 0 Å². The van der Waals surface area contributed by atoms with Crippen LogP contribution in [0, 0.1) is 0 Å². The highest BCUT2D eigenvalue weighted by molar-refractivity contribution is 6.30. The van der Waals surface area contributed by atoms with E-state index in [1.807, 2.05) is 62.6 Å². The Balaban J connectivity index is 1.97. The summed E-state index contributed by atoms with van der Waals surface area (Å²) in [5.41, 5.74) is 3.15. The Hall–Kier alpha value is -1.61. The predicted octanol–water partition coefficient (Wildman–Crippen LogP) is 4.19. The molecular formula is C19H22ClNO. The Kier molecular flexibility index (Phi) is 6.20. The van der Waals surface area contributed by atoms with E-state index in [2.05, 4.69) is 17.1 Å². The molecule has 0 amide bonds. The standard InChI is InChI=1S/C19H22ClNO/c1-21(2)13-3-4-15-5-9-17(10-6-15)19(22)14-16-7-11-18(20)12-8-16/h3-12,19,22H,13-14H2,1-2H3. The molecular weight excluding hydrogens is 294 g/mol. The molecule has 3 heteroatoms. The van der Waals surface area contributed by atoms with E-state index in [0.717, 1.165) is 23.2 Å². The molecule has 0 aliphatic heterocycles. The smallest absolute Gasteiger partial charge is 0.0830 e. The van der Waals surface area contributed by atoms with Crippen molar-refractivity contribution in [3.63, 3.8) is 0 Å². The largest absolute Gasteiger partial charge is 0.388 e. The molecule has 2 nitrogen and oxygen atoms in total. The molecule has 0 fully saturated rings. The number of benzene rings is 2. The minimum Gasteiger partial charge on any atom is -0.388 e. The zero-order valence-electron chi connectivity index (χ0n) is 13.0. The summed E-state index contributed by atoms with van der Waals surface area (Å²) in [5.74, 6) is 0. The zero-order valence-corrected chi connectivity index (χ0v) is 13.8. The lowest BCUT2D eigenvalue weighted by Crippen LogP contribution is -2.10. The highest BCUT2D eigenvalue weighted by Crippen LogP contribution is 2.20. The average molecular weight is 316 g/mol. The van der Waals surface area contributed by atoms with E-state index in [1.165, 1.54) is 0 Å². The first-order chi connectivity index (χ1) is 10.5. The molecule has 2 aromatic rings. The molecule has 1 unspecified atom stereocenters. The maximum absolute atomic E-state index is 10.3. The van der Waals surface area contributed by atoms with Gasteiger partial charge in [0.05, 0.1) is 6.10 Å². The van der Waals surface area contributed by atoms with Gasteiger partial charge in [0, 0.05) is 18.0 Å². The number of likely N-dealkylation sites (N-methyl/N-ethyl adjacent to an activating group) is 1. The summed E-state index contributed by atoms with van der Waals surface area (Å²) in [7, 11) is 4.08. The van der Waals surface area contributed by atoms with Crippen molar-refractivity contribution in [3.8, 4) is 0 Å².